The zero-order valence-corrected chi connectivity index (χ0v) is 17.3. The third kappa shape index (κ3) is 4.77. The average Bonchev–Trinajstić information content (AvgIpc) is 2.68. The molecule has 0 aromatic heterocycles. The zero-order chi connectivity index (χ0) is 20.1. The van der Waals surface area contributed by atoms with Crippen molar-refractivity contribution in [3.63, 3.8) is 0 Å². The number of hydrogen-bond acceptors (Lipinski definition) is 3. The molecule has 0 radical (unpaired) electrons. The lowest BCUT2D eigenvalue weighted by molar-refractivity contribution is 0.207. The second-order valence-electron chi connectivity index (χ2n) is 7.78. The predicted molar refractivity (Wildman–Crippen MR) is 116 cm³/mol. The van der Waals surface area contributed by atoms with Crippen LogP contribution in [0.4, 0.5) is 16.2 Å². The number of ether oxygens (including phenoxy) is 1. The maximum absolute atomic E-state index is 12.8. The van der Waals surface area contributed by atoms with E-state index in [-0.39, 0.29) is 12.1 Å². The number of urea groups is 1. The average molecular weight is 382 g/mol. The van der Waals surface area contributed by atoms with Gasteiger partial charge in [0, 0.05) is 31.9 Å². The van der Waals surface area contributed by atoms with Gasteiger partial charge in [-0.05, 0) is 43.5 Å². The minimum Gasteiger partial charge on any atom is -0.489 e. The summed E-state index contributed by atoms with van der Waals surface area (Å²) in [5.41, 5.74) is 3.16. The molecule has 2 aromatic carbocycles. The number of amides is 2. The van der Waals surface area contributed by atoms with E-state index in [1.807, 2.05) is 55.1 Å². The first-order chi connectivity index (χ1) is 13.5. The van der Waals surface area contributed by atoms with Gasteiger partial charge in [-0.15, -0.1) is 0 Å². The van der Waals surface area contributed by atoms with Crippen molar-refractivity contribution in [1.29, 1.82) is 0 Å². The molecule has 28 heavy (non-hydrogen) atoms. The summed E-state index contributed by atoms with van der Waals surface area (Å²) >= 11 is 0. The summed E-state index contributed by atoms with van der Waals surface area (Å²) in [4.78, 5) is 17.0. The van der Waals surface area contributed by atoms with E-state index in [1.54, 1.807) is 0 Å². The zero-order valence-electron chi connectivity index (χ0n) is 17.3. The second-order valence-corrected chi connectivity index (χ2v) is 7.78. The van der Waals surface area contributed by atoms with Crippen molar-refractivity contribution >= 4 is 17.4 Å². The van der Waals surface area contributed by atoms with Crippen LogP contribution < -0.4 is 15.0 Å². The Hall–Kier alpha value is -2.69. The van der Waals surface area contributed by atoms with Crippen LogP contribution in [0.15, 0.2) is 48.5 Å². The van der Waals surface area contributed by atoms with E-state index in [2.05, 4.69) is 36.2 Å². The van der Waals surface area contributed by atoms with E-state index in [0.717, 1.165) is 35.8 Å². The van der Waals surface area contributed by atoms with Crippen LogP contribution in [0, 0.1) is 0 Å². The molecule has 1 N–H and O–H groups in total. The molecule has 0 saturated carbocycles. The van der Waals surface area contributed by atoms with E-state index >= 15 is 0 Å². The largest absolute Gasteiger partial charge is 0.489 e. The third-order valence-electron chi connectivity index (χ3n) is 4.96. The number of piperazine rings is 1. The fraction of sp³-hybridized carbons (Fsp3) is 0.435. The standard InChI is InChI=1S/C23H31N3O2/c1-17(2)19-9-5-6-10-20(19)24-23(27)26-15-13-25(14-16-26)21-11-7-8-12-22(21)28-18(3)4/h5-12,17-18H,13-16H2,1-4H3,(H,24,27). The molecule has 150 valence electrons. The van der Waals surface area contributed by atoms with Gasteiger partial charge in [-0.2, -0.15) is 0 Å². The number of nitrogens with zero attached hydrogens (tertiary/aromatic N) is 2. The molecule has 2 aromatic rings. The highest BCUT2D eigenvalue weighted by atomic mass is 16.5. The van der Waals surface area contributed by atoms with Crippen LogP contribution in [-0.2, 0) is 0 Å². The lowest BCUT2D eigenvalue weighted by Gasteiger charge is -2.37. The highest BCUT2D eigenvalue weighted by Gasteiger charge is 2.23. The summed E-state index contributed by atoms with van der Waals surface area (Å²) in [5.74, 6) is 1.27. The first-order valence-electron chi connectivity index (χ1n) is 10.1. The minimum atomic E-state index is -0.0283. The second kappa shape index (κ2) is 9.00. The number of benzene rings is 2. The Morgan fingerprint density at radius 3 is 2.25 bits per heavy atom. The van der Waals surface area contributed by atoms with Crippen molar-refractivity contribution in [2.24, 2.45) is 0 Å². The van der Waals surface area contributed by atoms with Crippen LogP contribution >= 0.6 is 0 Å². The topological polar surface area (TPSA) is 44.8 Å². The van der Waals surface area contributed by atoms with Gasteiger partial charge in [-0.1, -0.05) is 44.2 Å². The van der Waals surface area contributed by atoms with Gasteiger partial charge in [0.1, 0.15) is 5.75 Å². The number of rotatable bonds is 5. The van der Waals surface area contributed by atoms with Crippen molar-refractivity contribution in [2.45, 2.75) is 39.7 Å². The summed E-state index contributed by atoms with van der Waals surface area (Å²) in [7, 11) is 0. The van der Waals surface area contributed by atoms with Crippen LogP contribution in [0.5, 0.6) is 5.75 Å². The molecule has 0 unspecified atom stereocenters. The Labute approximate surface area is 168 Å². The van der Waals surface area contributed by atoms with E-state index in [4.69, 9.17) is 4.74 Å². The molecule has 1 fully saturated rings. The van der Waals surface area contributed by atoms with Gasteiger partial charge in [0.2, 0.25) is 0 Å². The van der Waals surface area contributed by atoms with E-state index in [1.165, 1.54) is 0 Å². The Balaban J connectivity index is 1.62. The number of anilines is 2. The highest BCUT2D eigenvalue weighted by Crippen LogP contribution is 2.30. The van der Waals surface area contributed by atoms with Gasteiger partial charge < -0.3 is 19.9 Å². The number of hydrogen-bond donors (Lipinski definition) is 1. The molecule has 0 aliphatic carbocycles. The third-order valence-corrected chi connectivity index (χ3v) is 4.96. The Morgan fingerprint density at radius 1 is 0.929 bits per heavy atom. The van der Waals surface area contributed by atoms with Crippen molar-refractivity contribution in [3.8, 4) is 5.75 Å². The summed E-state index contributed by atoms with van der Waals surface area (Å²) in [6, 6.07) is 16.1. The molecule has 2 amide bonds. The summed E-state index contributed by atoms with van der Waals surface area (Å²) < 4.78 is 5.95. The molecule has 3 rings (SSSR count). The number of nitrogens with one attached hydrogen (secondary N) is 1. The van der Waals surface area contributed by atoms with E-state index < -0.39 is 0 Å². The van der Waals surface area contributed by atoms with Gasteiger partial charge >= 0.3 is 6.03 Å². The van der Waals surface area contributed by atoms with Crippen LogP contribution in [0.3, 0.4) is 0 Å². The Bertz CT molecular complexity index is 796. The van der Waals surface area contributed by atoms with E-state index in [9.17, 15) is 4.79 Å². The van der Waals surface area contributed by atoms with Crippen LogP contribution in [0.25, 0.3) is 0 Å². The maximum Gasteiger partial charge on any atom is 0.321 e. The Kier molecular flexibility index (Phi) is 6.45. The first kappa shape index (κ1) is 20.1. The molecule has 1 aliphatic heterocycles. The monoisotopic (exact) mass is 381 g/mol. The molecule has 0 spiro atoms. The van der Waals surface area contributed by atoms with Crippen molar-refractivity contribution in [2.75, 3.05) is 36.4 Å². The molecule has 1 heterocycles. The number of carbonyl (C=O) groups is 1. The number of carbonyl (C=O) groups excluding carboxylic acids is 1. The molecule has 0 bridgehead atoms. The Morgan fingerprint density at radius 2 is 1.57 bits per heavy atom. The molecule has 1 saturated heterocycles. The molecule has 5 heteroatoms. The number of para-hydroxylation sites is 3. The maximum atomic E-state index is 12.8. The molecular weight excluding hydrogens is 350 g/mol. The van der Waals surface area contributed by atoms with Crippen molar-refractivity contribution < 1.29 is 9.53 Å². The summed E-state index contributed by atoms with van der Waals surface area (Å²) in [5, 5.41) is 3.10. The van der Waals surface area contributed by atoms with Gasteiger partial charge in [0.05, 0.1) is 11.8 Å². The van der Waals surface area contributed by atoms with Gasteiger partial charge in [0.25, 0.3) is 0 Å². The normalized spacial score (nSPS) is 14.5. The SMILES string of the molecule is CC(C)Oc1ccccc1N1CCN(C(=O)Nc2ccccc2C(C)C)CC1. The molecule has 1 aliphatic rings. The minimum absolute atomic E-state index is 0.0283. The van der Waals surface area contributed by atoms with Gasteiger partial charge in [-0.25, -0.2) is 4.79 Å². The summed E-state index contributed by atoms with van der Waals surface area (Å²) in [6.07, 6.45) is 0.134. The van der Waals surface area contributed by atoms with Crippen LogP contribution in [0.1, 0.15) is 39.2 Å². The fourth-order valence-electron chi connectivity index (χ4n) is 3.53. The lowest BCUT2D eigenvalue weighted by atomic mass is 10.0. The highest BCUT2D eigenvalue weighted by molar-refractivity contribution is 5.90. The van der Waals surface area contributed by atoms with Crippen LogP contribution in [-0.4, -0.2) is 43.2 Å². The molecule has 5 nitrogen and oxygen atoms in total. The summed E-state index contributed by atoms with van der Waals surface area (Å²) in [6.45, 7) is 11.3. The lowest BCUT2D eigenvalue weighted by Crippen LogP contribution is -2.50. The van der Waals surface area contributed by atoms with Gasteiger partial charge in [0.15, 0.2) is 0 Å². The van der Waals surface area contributed by atoms with Crippen molar-refractivity contribution in [1.82, 2.24) is 4.90 Å². The first-order valence-corrected chi connectivity index (χ1v) is 10.1. The van der Waals surface area contributed by atoms with Gasteiger partial charge in [-0.3, -0.25) is 0 Å². The van der Waals surface area contributed by atoms with Crippen molar-refractivity contribution in [3.05, 3.63) is 54.1 Å². The molecular formula is C23H31N3O2. The quantitative estimate of drug-likeness (QED) is 0.797. The smallest absolute Gasteiger partial charge is 0.321 e. The fourth-order valence-corrected chi connectivity index (χ4v) is 3.53. The van der Waals surface area contributed by atoms with Crippen LogP contribution in [0.2, 0.25) is 0 Å². The van der Waals surface area contributed by atoms with E-state index in [0.29, 0.717) is 19.0 Å². The predicted octanol–water partition coefficient (Wildman–Crippen LogP) is 4.95. The molecule has 0 atom stereocenters.